The van der Waals surface area contributed by atoms with Gasteiger partial charge in [0, 0.05) is 22.3 Å². The van der Waals surface area contributed by atoms with E-state index in [1.165, 1.54) is 16.4 Å². The number of fused-ring (bicyclic) bond motifs is 1. The van der Waals surface area contributed by atoms with Crippen molar-refractivity contribution in [2.75, 3.05) is 14.2 Å². The molecule has 0 amide bonds. The van der Waals surface area contributed by atoms with E-state index in [1.807, 2.05) is 30.3 Å². The summed E-state index contributed by atoms with van der Waals surface area (Å²) < 4.78 is 12.0. The van der Waals surface area contributed by atoms with Crippen LogP contribution in [0.25, 0.3) is 11.4 Å². The fraction of sp³-hybridized carbons (Fsp3) is 0.211. The van der Waals surface area contributed by atoms with Crippen molar-refractivity contribution in [2.45, 2.75) is 16.8 Å². The average Bonchev–Trinajstić information content (AvgIpc) is 3.12. The number of hydrogen-bond donors (Lipinski definition) is 0. The standard InChI is InChI=1S/C19H16ClN3O3S/c1-25-14-8-5-12(9-15(14)26-2)16-10-17(24)23-19(27-16)21-18(22-23)11-3-6-13(20)7-4-11/h3-9,16H,10H2,1-2H3. The number of ether oxygens (including phenoxy) is 2. The average molecular weight is 402 g/mol. The molecule has 0 radical (unpaired) electrons. The fourth-order valence-electron chi connectivity index (χ4n) is 2.91. The third-order valence-corrected chi connectivity index (χ3v) is 5.75. The summed E-state index contributed by atoms with van der Waals surface area (Å²) in [5.74, 6) is 1.71. The molecule has 1 aromatic heterocycles. The van der Waals surface area contributed by atoms with Crippen LogP contribution in [0.3, 0.4) is 0 Å². The van der Waals surface area contributed by atoms with Gasteiger partial charge >= 0.3 is 0 Å². The van der Waals surface area contributed by atoms with Crippen LogP contribution in [0.1, 0.15) is 22.0 Å². The largest absolute Gasteiger partial charge is 0.493 e. The van der Waals surface area contributed by atoms with Crippen LogP contribution in [0.15, 0.2) is 47.6 Å². The fourth-order valence-corrected chi connectivity index (χ4v) is 4.18. The summed E-state index contributed by atoms with van der Waals surface area (Å²) >= 11 is 7.44. The van der Waals surface area contributed by atoms with Crippen LogP contribution in [0, 0.1) is 0 Å². The molecule has 0 aliphatic carbocycles. The third-order valence-electron chi connectivity index (χ3n) is 4.30. The van der Waals surface area contributed by atoms with Crippen molar-refractivity contribution >= 4 is 29.3 Å². The number of halogens is 1. The predicted octanol–water partition coefficient (Wildman–Crippen LogP) is 4.49. The number of aromatic nitrogens is 3. The first kappa shape index (κ1) is 17.9. The Morgan fingerprint density at radius 2 is 1.85 bits per heavy atom. The minimum Gasteiger partial charge on any atom is -0.493 e. The van der Waals surface area contributed by atoms with Gasteiger partial charge in [0.15, 0.2) is 22.5 Å². The molecule has 2 heterocycles. The van der Waals surface area contributed by atoms with Crippen molar-refractivity contribution in [2.24, 2.45) is 0 Å². The molecule has 2 aromatic carbocycles. The van der Waals surface area contributed by atoms with Gasteiger partial charge in [0.1, 0.15) is 0 Å². The van der Waals surface area contributed by atoms with Crippen LogP contribution in [-0.4, -0.2) is 34.9 Å². The Bertz CT molecular complexity index is 1000. The third kappa shape index (κ3) is 3.40. The second-order valence-electron chi connectivity index (χ2n) is 5.96. The van der Waals surface area contributed by atoms with Gasteiger partial charge < -0.3 is 9.47 Å². The van der Waals surface area contributed by atoms with Crippen LogP contribution in [0.2, 0.25) is 5.02 Å². The molecule has 6 nitrogen and oxygen atoms in total. The smallest absolute Gasteiger partial charge is 0.250 e. The molecule has 0 fully saturated rings. The molecule has 1 atom stereocenters. The lowest BCUT2D eigenvalue weighted by atomic mass is 10.1. The molecule has 4 rings (SSSR count). The second kappa shape index (κ2) is 7.25. The van der Waals surface area contributed by atoms with E-state index in [4.69, 9.17) is 21.1 Å². The van der Waals surface area contributed by atoms with Gasteiger partial charge in [-0.3, -0.25) is 4.79 Å². The molecule has 0 bridgehead atoms. The van der Waals surface area contributed by atoms with E-state index in [-0.39, 0.29) is 11.2 Å². The maximum atomic E-state index is 12.6. The minimum absolute atomic E-state index is 0.0629. The molecular weight excluding hydrogens is 386 g/mol. The van der Waals surface area contributed by atoms with E-state index < -0.39 is 0 Å². The zero-order valence-electron chi connectivity index (χ0n) is 14.7. The predicted molar refractivity (Wildman–Crippen MR) is 104 cm³/mol. The van der Waals surface area contributed by atoms with Crippen LogP contribution >= 0.6 is 23.4 Å². The molecular formula is C19H16ClN3O3S. The van der Waals surface area contributed by atoms with Crippen LogP contribution in [0.4, 0.5) is 0 Å². The quantitative estimate of drug-likeness (QED) is 0.641. The number of carbonyl (C=O) groups is 1. The number of carbonyl (C=O) groups excluding carboxylic acids is 1. The Kier molecular flexibility index (Phi) is 4.80. The van der Waals surface area contributed by atoms with Crippen LogP contribution in [0.5, 0.6) is 11.5 Å². The molecule has 1 aliphatic heterocycles. The molecule has 1 aliphatic rings. The molecule has 1 unspecified atom stereocenters. The van der Waals surface area contributed by atoms with Crippen molar-refractivity contribution < 1.29 is 14.3 Å². The first-order chi connectivity index (χ1) is 13.1. The summed E-state index contributed by atoms with van der Waals surface area (Å²) in [5, 5.41) is 5.53. The zero-order chi connectivity index (χ0) is 19.0. The number of methoxy groups -OCH3 is 2. The Morgan fingerprint density at radius 1 is 1.11 bits per heavy atom. The van der Waals surface area contributed by atoms with Crippen LogP contribution in [-0.2, 0) is 0 Å². The van der Waals surface area contributed by atoms with Gasteiger partial charge in [-0.2, -0.15) is 4.68 Å². The highest BCUT2D eigenvalue weighted by molar-refractivity contribution is 7.99. The normalized spacial score (nSPS) is 16.1. The van der Waals surface area contributed by atoms with Gasteiger partial charge in [-0.15, -0.1) is 5.10 Å². The first-order valence-electron chi connectivity index (χ1n) is 8.24. The summed E-state index contributed by atoms with van der Waals surface area (Å²) in [7, 11) is 3.19. The highest BCUT2D eigenvalue weighted by Gasteiger charge is 2.30. The summed E-state index contributed by atoms with van der Waals surface area (Å²) in [6.07, 6.45) is 0.330. The monoisotopic (exact) mass is 401 g/mol. The van der Waals surface area contributed by atoms with Gasteiger partial charge in [-0.05, 0) is 42.0 Å². The van der Waals surface area contributed by atoms with Crippen molar-refractivity contribution in [3.8, 4) is 22.9 Å². The Hall–Kier alpha value is -2.51. The summed E-state index contributed by atoms with van der Waals surface area (Å²) in [6, 6.07) is 12.9. The highest BCUT2D eigenvalue weighted by Crippen LogP contribution is 2.43. The Labute approximate surface area is 165 Å². The summed E-state index contributed by atoms with van der Waals surface area (Å²) in [5.41, 5.74) is 1.80. The van der Waals surface area contributed by atoms with Gasteiger partial charge in [0.25, 0.3) is 5.91 Å². The number of benzene rings is 2. The lowest BCUT2D eigenvalue weighted by molar-refractivity contribution is 0.0868. The molecule has 3 aromatic rings. The summed E-state index contributed by atoms with van der Waals surface area (Å²) in [6.45, 7) is 0. The molecule has 27 heavy (non-hydrogen) atoms. The van der Waals surface area contributed by atoms with Crippen molar-refractivity contribution in [1.29, 1.82) is 0 Å². The molecule has 0 saturated heterocycles. The minimum atomic E-state index is -0.0868. The van der Waals surface area contributed by atoms with Crippen LogP contribution < -0.4 is 9.47 Å². The highest BCUT2D eigenvalue weighted by atomic mass is 35.5. The number of rotatable bonds is 4. The summed E-state index contributed by atoms with van der Waals surface area (Å²) in [4.78, 5) is 17.2. The number of thioether (sulfide) groups is 1. The molecule has 0 N–H and O–H groups in total. The van der Waals surface area contributed by atoms with Crippen molar-refractivity contribution in [1.82, 2.24) is 14.8 Å². The molecule has 138 valence electrons. The van der Waals surface area contributed by atoms with E-state index in [0.717, 1.165) is 11.1 Å². The maximum absolute atomic E-state index is 12.6. The first-order valence-corrected chi connectivity index (χ1v) is 9.49. The Morgan fingerprint density at radius 3 is 2.56 bits per heavy atom. The van der Waals surface area contributed by atoms with E-state index in [0.29, 0.717) is 33.9 Å². The maximum Gasteiger partial charge on any atom is 0.250 e. The van der Waals surface area contributed by atoms with E-state index >= 15 is 0 Å². The molecule has 0 saturated carbocycles. The SMILES string of the molecule is COc1ccc(C2CC(=O)n3nc(-c4ccc(Cl)cc4)nc3S2)cc1OC. The number of nitrogens with zero attached hydrogens (tertiary/aromatic N) is 3. The zero-order valence-corrected chi connectivity index (χ0v) is 16.3. The van der Waals surface area contributed by atoms with Gasteiger partial charge in [0.05, 0.1) is 14.2 Å². The van der Waals surface area contributed by atoms with Crippen molar-refractivity contribution in [3.63, 3.8) is 0 Å². The van der Waals surface area contributed by atoms with Gasteiger partial charge in [0.2, 0.25) is 0 Å². The molecule has 0 spiro atoms. The van der Waals surface area contributed by atoms with E-state index in [2.05, 4.69) is 10.1 Å². The van der Waals surface area contributed by atoms with E-state index in [1.54, 1.807) is 26.4 Å². The lowest BCUT2D eigenvalue weighted by Gasteiger charge is -2.21. The number of hydrogen-bond acceptors (Lipinski definition) is 6. The van der Waals surface area contributed by atoms with E-state index in [9.17, 15) is 4.79 Å². The topological polar surface area (TPSA) is 66.2 Å². The van der Waals surface area contributed by atoms with Crippen molar-refractivity contribution in [3.05, 3.63) is 53.1 Å². The molecule has 8 heteroatoms. The Balaban J connectivity index is 1.65. The lowest BCUT2D eigenvalue weighted by Crippen LogP contribution is -2.21. The second-order valence-corrected chi connectivity index (χ2v) is 7.56. The van der Waals surface area contributed by atoms with Gasteiger partial charge in [-0.1, -0.05) is 29.4 Å². The van der Waals surface area contributed by atoms with Gasteiger partial charge in [-0.25, -0.2) is 4.98 Å².